The van der Waals surface area contributed by atoms with Crippen LogP contribution < -0.4 is 10.6 Å². The fourth-order valence-corrected chi connectivity index (χ4v) is 1.90. The Kier molecular flexibility index (Phi) is 5.73. The zero-order valence-electron chi connectivity index (χ0n) is 10.2. The molecule has 0 aromatic heterocycles. The van der Waals surface area contributed by atoms with Gasteiger partial charge in [0, 0.05) is 32.2 Å². The fourth-order valence-electron chi connectivity index (χ4n) is 1.90. The summed E-state index contributed by atoms with van der Waals surface area (Å²) in [4.78, 5) is 13.8. The molecule has 1 amide bonds. The number of nitrogens with one attached hydrogen (secondary N) is 2. The number of carbonyl (C=O) groups is 1. The number of rotatable bonds is 5. The van der Waals surface area contributed by atoms with Gasteiger partial charge in [-0.1, -0.05) is 6.92 Å². The van der Waals surface area contributed by atoms with Gasteiger partial charge in [-0.05, 0) is 13.3 Å². The molecule has 1 heterocycles. The van der Waals surface area contributed by atoms with E-state index in [2.05, 4.69) is 17.6 Å². The van der Waals surface area contributed by atoms with Crippen LogP contribution in [0, 0.1) is 0 Å². The third kappa shape index (κ3) is 3.73. The monoisotopic (exact) mass is 229 g/mol. The molecule has 3 N–H and O–H groups in total. The van der Waals surface area contributed by atoms with E-state index in [0.717, 1.165) is 13.0 Å². The van der Waals surface area contributed by atoms with Gasteiger partial charge in [-0.25, -0.2) is 0 Å². The van der Waals surface area contributed by atoms with E-state index in [4.69, 9.17) is 5.11 Å². The summed E-state index contributed by atoms with van der Waals surface area (Å²) in [5.41, 5.74) is 0. The van der Waals surface area contributed by atoms with Crippen molar-refractivity contribution in [3.8, 4) is 0 Å². The minimum Gasteiger partial charge on any atom is -0.395 e. The summed E-state index contributed by atoms with van der Waals surface area (Å²) < 4.78 is 0. The molecule has 1 fully saturated rings. The van der Waals surface area contributed by atoms with E-state index in [1.54, 1.807) is 4.90 Å². The van der Waals surface area contributed by atoms with E-state index in [0.29, 0.717) is 25.7 Å². The summed E-state index contributed by atoms with van der Waals surface area (Å²) >= 11 is 0. The number of piperazine rings is 1. The summed E-state index contributed by atoms with van der Waals surface area (Å²) in [7, 11) is 0. The minimum absolute atomic E-state index is 0.0301. The number of hydrogen-bond donors (Lipinski definition) is 3. The first kappa shape index (κ1) is 13.4. The van der Waals surface area contributed by atoms with Crippen LogP contribution in [-0.2, 0) is 4.79 Å². The van der Waals surface area contributed by atoms with Gasteiger partial charge in [-0.15, -0.1) is 0 Å². The third-order valence-electron chi connectivity index (χ3n) is 2.81. The summed E-state index contributed by atoms with van der Waals surface area (Å²) in [6, 6.07) is 0.274. The normalized spacial score (nSPS) is 25.4. The van der Waals surface area contributed by atoms with Gasteiger partial charge in [0.25, 0.3) is 0 Å². The van der Waals surface area contributed by atoms with Crippen molar-refractivity contribution in [1.82, 2.24) is 15.5 Å². The molecular formula is C11H23N3O2. The Balaban J connectivity index is 2.46. The SMILES string of the molecule is CCCN(CCO)C(=O)C1CNC(C)CN1. The Morgan fingerprint density at radius 3 is 2.62 bits per heavy atom. The Bertz CT molecular complexity index is 209. The molecule has 5 nitrogen and oxygen atoms in total. The fraction of sp³-hybridized carbons (Fsp3) is 0.909. The van der Waals surface area contributed by atoms with E-state index in [1.165, 1.54) is 0 Å². The second kappa shape index (κ2) is 6.83. The van der Waals surface area contributed by atoms with Crippen LogP contribution in [0.4, 0.5) is 0 Å². The van der Waals surface area contributed by atoms with Gasteiger partial charge in [0.1, 0.15) is 0 Å². The zero-order chi connectivity index (χ0) is 12.0. The van der Waals surface area contributed by atoms with Crippen molar-refractivity contribution in [2.45, 2.75) is 32.4 Å². The first-order valence-electron chi connectivity index (χ1n) is 6.05. The molecule has 0 aromatic carbocycles. The first-order chi connectivity index (χ1) is 7.69. The Morgan fingerprint density at radius 2 is 2.12 bits per heavy atom. The van der Waals surface area contributed by atoms with Crippen molar-refractivity contribution in [3.05, 3.63) is 0 Å². The minimum atomic E-state index is -0.144. The molecule has 1 rings (SSSR count). The van der Waals surface area contributed by atoms with Gasteiger partial charge in [0.15, 0.2) is 0 Å². The lowest BCUT2D eigenvalue weighted by molar-refractivity contribution is -0.134. The molecule has 16 heavy (non-hydrogen) atoms. The predicted octanol–water partition coefficient (Wildman–Crippen LogP) is -0.833. The van der Waals surface area contributed by atoms with Gasteiger partial charge < -0.3 is 20.6 Å². The molecule has 2 atom stereocenters. The number of hydrogen-bond acceptors (Lipinski definition) is 4. The number of nitrogens with zero attached hydrogens (tertiary/aromatic N) is 1. The van der Waals surface area contributed by atoms with Gasteiger partial charge in [0.05, 0.1) is 12.6 Å². The Morgan fingerprint density at radius 1 is 1.38 bits per heavy atom. The second-order valence-corrected chi connectivity index (χ2v) is 4.32. The van der Waals surface area contributed by atoms with Crippen LogP contribution in [-0.4, -0.2) is 60.8 Å². The largest absolute Gasteiger partial charge is 0.395 e. The first-order valence-corrected chi connectivity index (χ1v) is 6.05. The van der Waals surface area contributed by atoms with E-state index in [-0.39, 0.29) is 18.6 Å². The van der Waals surface area contributed by atoms with Crippen LogP contribution in [0.2, 0.25) is 0 Å². The van der Waals surface area contributed by atoms with Crippen LogP contribution in [0.5, 0.6) is 0 Å². The van der Waals surface area contributed by atoms with Crippen LogP contribution in [0.1, 0.15) is 20.3 Å². The van der Waals surface area contributed by atoms with E-state index in [9.17, 15) is 4.79 Å². The molecule has 2 unspecified atom stereocenters. The molecule has 94 valence electrons. The highest BCUT2D eigenvalue weighted by molar-refractivity contribution is 5.82. The topological polar surface area (TPSA) is 64.6 Å². The highest BCUT2D eigenvalue weighted by atomic mass is 16.3. The van der Waals surface area contributed by atoms with Crippen molar-refractivity contribution in [3.63, 3.8) is 0 Å². The van der Waals surface area contributed by atoms with Crippen molar-refractivity contribution < 1.29 is 9.90 Å². The maximum Gasteiger partial charge on any atom is 0.241 e. The van der Waals surface area contributed by atoms with E-state index in [1.807, 2.05) is 6.92 Å². The number of amides is 1. The molecule has 0 aliphatic carbocycles. The Hall–Kier alpha value is -0.650. The van der Waals surface area contributed by atoms with Gasteiger partial charge in [0.2, 0.25) is 5.91 Å². The zero-order valence-corrected chi connectivity index (χ0v) is 10.2. The van der Waals surface area contributed by atoms with Crippen LogP contribution >= 0.6 is 0 Å². The molecule has 1 aliphatic heterocycles. The van der Waals surface area contributed by atoms with Crippen molar-refractivity contribution in [2.24, 2.45) is 0 Å². The maximum absolute atomic E-state index is 12.1. The molecule has 0 radical (unpaired) electrons. The summed E-state index contributed by atoms with van der Waals surface area (Å²) in [5.74, 6) is 0.0929. The highest BCUT2D eigenvalue weighted by Crippen LogP contribution is 2.00. The van der Waals surface area contributed by atoms with Crippen molar-refractivity contribution in [2.75, 3.05) is 32.8 Å². The molecule has 1 aliphatic rings. The van der Waals surface area contributed by atoms with Gasteiger partial charge in [-0.3, -0.25) is 4.79 Å². The van der Waals surface area contributed by atoms with Gasteiger partial charge in [-0.2, -0.15) is 0 Å². The molecule has 0 spiro atoms. The van der Waals surface area contributed by atoms with Crippen LogP contribution in [0.15, 0.2) is 0 Å². The smallest absolute Gasteiger partial charge is 0.241 e. The molecule has 0 aromatic rings. The summed E-state index contributed by atoms with van der Waals surface area (Å²) in [6.07, 6.45) is 0.919. The average molecular weight is 229 g/mol. The second-order valence-electron chi connectivity index (χ2n) is 4.32. The lowest BCUT2D eigenvalue weighted by atomic mass is 10.1. The highest BCUT2D eigenvalue weighted by Gasteiger charge is 2.26. The van der Waals surface area contributed by atoms with Crippen LogP contribution in [0.3, 0.4) is 0 Å². The maximum atomic E-state index is 12.1. The number of aliphatic hydroxyl groups is 1. The van der Waals surface area contributed by atoms with Gasteiger partial charge >= 0.3 is 0 Å². The van der Waals surface area contributed by atoms with Crippen LogP contribution in [0.25, 0.3) is 0 Å². The predicted molar refractivity (Wildman–Crippen MR) is 63.2 cm³/mol. The standard InChI is InChI=1S/C11H23N3O2/c1-3-4-14(5-6-15)11(16)10-8-12-9(2)7-13-10/h9-10,12-13,15H,3-8H2,1-2H3. The summed E-state index contributed by atoms with van der Waals surface area (Å²) in [5, 5.41) is 15.4. The Labute approximate surface area is 97.2 Å². The molecule has 1 saturated heterocycles. The quantitative estimate of drug-likeness (QED) is 0.575. The number of carbonyl (C=O) groups excluding carboxylic acids is 1. The average Bonchev–Trinajstić information content (AvgIpc) is 2.29. The summed E-state index contributed by atoms with van der Waals surface area (Å²) in [6.45, 7) is 6.79. The molecular weight excluding hydrogens is 206 g/mol. The molecule has 0 bridgehead atoms. The van der Waals surface area contributed by atoms with Crippen molar-refractivity contribution >= 4 is 5.91 Å². The van der Waals surface area contributed by atoms with E-state index < -0.39 is 0 Å². The number of aliphatic hydroxyl groups excluding tert-OH is 1. The third-order valence-corrected chi connectivity index (χ3v) is 2.81. The van der Waals surface area contributed by atoms with E-state index >= 15 is 0 Å². The lowest BCUT2D eigenvalue weighted by Crippen LogP contribution is -2.59. The lowest BCUT2D eigenvalue weighted by Gasteiger charge is -2.32. The molecule has 5 heteroatoms. The molecule has 0 saturated carbocycles. The van der Waals surface area contributed by atoms with Crippen molar-refractivity contribution in [1.29, 1.82) is 0 Å².